The number of hydrogen-bond acceptors (Lipinski definition) is 8. The number of amides is 3. The van der Waals surface area contributed by atoms with Gasteiger partial charge < -0.3 is 34.0 Å². The number of rotatable bonds is 13. The van der Waals surface area contributed by atoms with Gasteiger partial charge >= 0.3 is 0 Å². The van der Waals surface area contributed by atoms with Crippen molar-refractivity contribution >= 4 is 63.7 Å². The van der Waals surface area contributed by atoms with Gasteiger partial charge in [-0.15, -0.1) is 0 Å². The quantitative estimate of drug-likeness (QED) is 0.0685. The van der Waals surface area contributed by atoms with Gasteiger partial charge in [-0.05, 0) is 84.7 Å². The maximum Gasteiger partial charge on any atom is 0.279 e. The van der Waals surface area contributed by atoms with Crippen molar-refractivity contribution in [1.29, 1.82) is 0 Å². The molecule has 64 heavy (non-hydrogen) atoms. The Morgan fingerprint density at radius 3 is 2.47 bits per heavy atom. The van der Waals surface area contributed by atoms with Crippen molar-refractivity contribution in [2.24, 2.45) is 31.6 Å². The molecule has 6 heterocycles. The zero-order valence-corrected chi connectivity index (χ0v) is 37.3. The minimum atomic E-state index is -0.401. The molecule has 15 nitrogen and oxygen atoms in total. The Kier molecular flexibility index (Phi) is 11.6. The number of ketones is 1. The van der Waals surface area contributed by atoms with E-state index in [1.807, 2.05) is 19.1 Å². The highest BCUT2D eigenvalue weighted by molar-refractivity contribution is 6.06. The van der Waals surface area contributed by atoms with Crippen molar-refractivity contribution in [2.45, 2.75) is 65.8 Å². The van der Waals surface area contributed by atoms with Crippen LogP contribution in [0.3, 0.4) is 0 Å². The van der Waals surface area contributed by atoms with Gasteiger partial charge in [-0.3, -0.25) is 33.5 Å². The van der Waals surface area contributed by atoms with Crippen LogP contribution >= 0.6 is 0 Å². The first-order valence-corrected chi connectivity index (χ1v) is 21.3. The molecule has 0 aliphatic carbocycles. The van der Waals surface area contributed by atoms with Crippen LogP contribution in [0.15, 0.2) is 90.5 Å². The number of aliphatic imine (C=N–C) groups is 1. The predicted octanol–water partition coefficient (Wildman–Crippen LogP) is 7.60. The van der Waals surface area contributed by atoms with Crippen molar-refractivity contribution in [2.75, 3.05) is 23.8 Å². The minimum absolute atomic E-state index is 0.0284. The second kappa shape index (κ2) is 17.1. The smallest absolute Gasteiger partial charge is 0.279 e. The number of carbonyl (C=O) groups excluding carboxylic acids is 5. The molecule has 0 spiro atoms. The molecule has 1 atom stereocenters. The van der Waals surface area contributed by atoms with Gasteiger partial charge in [0.25, 0.3) is 17.7 Å². The van der Waals surface area contributed by atoms with E-state index in [-0.39, 0.29) is 66.1 Å². The van der Waals surface area contributed by atoms with Crippen LogP contribution in [-0.2, 0) is 38.8 Å². The van der Waals surface area contributed by atoms with Crippen LogP contribution in [0, 0.1) is 12.3 Å². The molecular formula is C49H53N9O6. The predicted molar refractivity (Wildman–Crippen MR) is 246 cm³/mol. The van der Waals surface area contributed by atoms with Crippen molar-refractivity contribution in [1.82, 2.24) is 28.2 Å². The number of anilines is 2. The van der Waals surface area contributed by atoms with Crippen molar-refractivity contribution in [3.63, 3.8) is 0 Å². The summed E-state index contributed by atoms with van der Waals surface area (Å²) < 4.78 is 12.5. The van der Waals surface area contributed by atoms with E-state index >= 15 is 0 Å². The van der Waals surface area contributed by atoms with Crippen molar-refractivity contribution < 1.29 is 28.7 Å². The Balaban J connectivity index is 0.830. The minimum Gasteiger partial charge on any atom is -0.493 e. The van der Waals surface area contributed by atoms with Gasteiger partial charge in [0.15, 0.2) is 11.6 Å². The van der Waals surface area contributed by atoms with E-state index in [1.54, 1.807) is 99.6 Å². The van der Waals surface area contributed by atoms with Gasteiger partial charge in [0.1, 0.15) is 17.1 Å². The van der Waals surface area contributed by atoms with E-state index in [0.717, 1.165) is 28.5 Å². The van der Waals surface area contributed by atoms with Gasteiger partial charge in [0.05, 0.1) is 35.1 Å². The first kappa shape index (κ1) is 43.4. The van der Waals surface area contributed by atoms with Gasteiger partial charge in [-0.1, -0.05) is 39.0 Å². The third kappa shape index (κ3) is 9.10. The lowest BCUT2D eigenvalue weighted by atomic mass is 9.88. The third-order valence-electron chi connectivity index (χ3n) is 11.5. The lowest BCUT2D eigenvalue weighted by molar-refractivity contribution is -0.116. The van der Waals surface area contributed by atoms with Gasteiger partial charge in [0.2, 0.25) is 11.7 Å². The zero-order chi connectivity index (χ0) is 45.6. The number of aromatic nitrogens is 5. The highest BCUT2D eigenvalue weighted by Gasteiger charge is 2.34. The molecule has 0 saturated carbocycles. The molecule has 8 rings (SSSR count). The molecule has 1 fully saturated rings. The Labute approximate surface area is 371 Å². The molecule has 2 aliphatic heterocycles. The third-order valence-corrected chi connectivity index (χ3v) is 11.5. The second-order valence-corrected chi connectivity index (χ2v) is 18.2. The molecule has 0 radical (unpaired) electrons. The van der Waals surface area contributed by atoms with Crippen LogP contribution in [0.4, 0.5) is 17.2 Å². The molecule has 3 amide bonds. The maximum atomic E-state index is 13.7. The van der Waals surface area contributed by atoms with Crippen LogP contribution in [0.5, 0.6) is 5.75 Å². The van der Waals surface area contributed by atoms with Crippen molar-refractivity contribution in [3.05, 3.63) is 125 Å². The van der Waals surface area contributed by atoms with E-state index in [9.17, 15) is 24.0 Å². The molecular weight excluding hydrogens is 811 g/mol. The first-order chi connectivity index (χ1) is 30.4. The average molecular weight is 864 g/mol. The topological polar surface area (TPSA) is 167 Å². The first-order valence-electron chi connectivity index (χ1n) is 21.3. The SMILES string of the molecule is C=C1C[C@H]2C=Nc3cc(OCCCC(=O)Nc4cn(C)c(C(=O)Cc5cc(C(=O)Nc6cc(C(=O)n7ccc8cc(CC(C)(C)C)ccc87)n(C)c6)n(C)c5)n4)c(C)cc3C(=O)N2C1. The number of imidazole rings is 1. The molecule has 4 aromatic heterocycles. The van der Waals surface area contributed by atoms with Gasteiger partial charge in [-0.25, -0.2) is 4.98 Å². The number of nitrogens with zero attached hydrogens (tertiary/aromatic N) is 7. The number of aryl methyl sites for hydroxylation is 4. The summed E-state index contributed by atoms with van der Waals surface area (Å²) in [5, 5.41) is 6.65. The fourth-order valence-corrected chi connectivity index (χ4v) is 8.50. The lowest BCUT2D eigenvalue weighted by Crippen LogP contribution is -2.35. The van der Waals surface area contributed by atoms with Crippen LogP contribution < -0.4 is 15.4 Å². The summed E-state index contributed by atoms with van der Waals surface area (Å²) in [6.45, 7) is 13.3. The second-order valence-electron chi connectivity index (χ2n) is 18.2. The number of Topliss-reactive ketones (excluding diaryl/α,β-unsaturated/α-hetero) is 1. The zero-order valence-electron chi connectivity index (χ0n) is 37.3. The summed E-state index contributed by atoms with van der Waals surface area (Å²) in [4.78, 5) is 77.5. The highest BCUT2D eigenvalue weighted by Crippen LogP contribution is 2.35. The number of nitrogens with one attached hydrogen (secondary N) is 2. The molecule has 2 N–H and O–H groups in total. The number of benzene rings is 2. The lowest BCUT2D eigenvalue weighted by Gasteiger charge is -2.20. The summed E-state index contributed by atoms with van der Waals surface area (Å²) in [6.07, 6.45) is 10.7. The van der Waals surface area contributed by atoms with Crippen molar-refractivity contribution in [3.8, 4) is 5.75 Å². The van der Waals surface area contributed by atoms with E-state index in [2.05, 4.69) is 60.1 Å². The van der Waals surface area contributed by atoms with E-state index in [0.29, 0.717) is 59.0 Å². The molecule has 0 bridgehead atoms. The molecule has 1 saturated heterocycles. The highest BCUT2D eigenvalue weighted by atomic mass is 16.5. The fraction of sp³-hybridized carbons (Fsp3) is 0.327. The molecule has 2 aromatic carbocycles. The number of ether oxygens (including phenoxy) is 1. The molecule has 6 aromatic rings. The van der Waals surface area contributed by atoms with E-state index < -0.39 is 5.91 Å². The normalized spacial score (nSPS) is 14.7. The summed E-state index contributed by atoms with van der Waals surface area (Å²) >= 11 is 0. The van der Waals surface area contributed by atoms with E-state index in [1.165, 1.54) is 5.56 Å². The van der Waals surface area contributed by atoms with Gasteiger partial charge in [-0.2, -0.15) is 0 Å². The molecule has 2 aliphatic rings. The Morgan fingerprint density at radius 2 is 1.69 bits per heavy atom. The van der Waals surface area contributed by atoms with Crippen LogP contribution in [-0.4, -0.2) is 83.0 Å². The number of hydrogen-bond donors (Lipinski definition) is 2. The van der Waals surface area contributed by atoms with E-state index in [4.69, 9.17) is 4.74 Å². The average Bonchev–Trinajstić information content (AvgIpc) is 4.05. The maximum absolute atomic E-state index is 13.7. The summed E-state index contributed by atoms with van der Waals surface area (Å²) in [6, 6.07) is 14.9. The Hall–Kier alpha value is -7.29. The largest absolute Gasteiger partial charge is 0.493 e. The van der Waals surface area contributed by atoms with Gasteiger partial charge in [0, 0.05) is 83.0 Å². The Morgan fingerprint density at radius 1 is 0.906 bits per heavy atom. The van der Waals surface area contributed by atoms with Crippen LogP contribution in [0.25, 0.3) is 10.9 Å². The summed E-state index contributed by atoms with van der Waals surface area (Å²) in [5.74, 6) is -0.276. The summed E-state index contributed by atoms with van der Waals surface area (Å²) in [5.41, 5.74) is 6.85. The standard InChI is InChI=1S/C49H53N9O6/c1-29-16-35-24-50-37-22-42(30(2)17-36(37)47(62)58(35)25-29)64-15-9-10-44(60)52-43-28-56(8)45(53-43)41(59)20-32-19-39(54(6)26-32)46(61)51-34-21-40(55(7)27-34)48(63)57-14-13-33-18-31(11-12-38(33)57)23-49(3,4)5/h11-14,17-19,21-22,24,26-28,35H,1,9-10,15-16,20,23,25H2,2-8H3,(H,51,61)(H,52,60)/t35-/m0/s1. The van der Waals surface area contributed by atoms with Crippen LogP contribution in [0.1, 0.15) is 98.7 Å². The Bertz CT molecular complexity index is 2920. The number of carbonyl (C=O) groups is 5. The molecule has 0 unspecified atom stereocenters. The number of fused-ring (bicyclic) bond motifs is 3. The molecule has 15 heteroatoms. The molecule has 330 valence electrons. The summed E-state index contributed by atoms with van der Waals surface area (Å²) in [7, 11) is 5.15. The monoisotopic (exact) mass is 863 g/mol. The van der Waals surface area contributed by atoms with Crippen LogP contribution in [0.2, 0.25) is 0 Å². The fourth-order valence-electron chi connectivity index (χ4n) is 8.50.